The highest BCUT2D eigenvalue weighted by Gasteiger charge is 2.36. The minimum absolute atomic E-state index is 0.0441. The molecule has 2 aliphatic rings. The molecule has 170 valence electrons. The fraction of sp³-hybridized carbons (Fsp3) is 0.185. The van der Waals surface area contributed by atoms with Crippen LogP contribution in [0.25, 0.3) is 11.8 Å². The fourth-order valence-corrected chi connectivity index (χ4v) is 5.32. The van der Waals surface area contributed by atoms with Crippen LogP contribution in [0, 0.1) is 40.0 Å². The van der Waals surface area contributed by atoms with Crippen LogP contribution in [0.3, 0.4) is 0 Å². The molecule has 2 aliphatic heterocycles. The Balaban J connectivity index is 1.54. The van der Waals surface area contributed by atoms with Gasteiger partial charge in [-0.25, -0.2) is 0 Å². The fourth-order valence-electron chi connectivity index (χ4n) is 4.33. The molecule has 0 saturated carbocycles. The minimum atomic E-state index is -0.415. The number of amides is 1. The molecule has 0 atom stereocenters. The number of nitrogens with one attached hydrogen (secondary N) is 1. The number of fused-ring (bicyclic) bond motifs is 1. The first-order valence-electron chi connectivity index (χ1n) is 11.1. The monoisotopic (exact) mass is 467 g/mol. The predicted octanol–water partition coefficient (Wildman–Crippen LogP) is 5.69. The Kier molecular flexibility index (Phi) is 5.37. The molecule has 3 aromatic rings. The quantitative estimate of drug-likeness (QED) is 0.503. The second-order valence-corrected chi connectivity index (χ2v) is 9.65. The summed E-state index contributed by atoms with van der Waals surface area (Å²) in [6, 6.07) is 16.4. The summed E-state index contributed by atoms with van der Waals surface area (Å²) in [5.41, 5.74) is 8.74. The highest BCUT2D eigenvalue weighted by Crippen LogP contribution is 2.33. The maximum atomic E-state index is 12.9. The van der Waals surface area contributed by atoms with Crippen LogP contribution in [-0.2, 0) is 4.79 Å². The van der Waals surface area contributed by atoms with Crippen LogP contribution in [0.15, 0.2) is 64.2 Å². The van der Waals surface area contributed by atoms with Gasteiger partial charge in [0.25, 0.3) is 5.91 Å². The lowest BCUT2D eigenvalue weighted by Crippen LogP contribution is -2.35. The van der Waals surface area contributed by atoms with Gasteiger partial charge in [0.15, 0.2) is 5.84 Å². The molecule has 7 heteroatoms. The van der Waals surface area contributed by atoms with Crippen molar-refractivity contribution < 1.29 is 4.79 Å². The van der Waals surface area contributed by atoms with Crippen molar-refractivity contribution in [1.82, 2.24) is 9.58 Å². The van der Waals surface area contributed by atoms with Crippen molar-refractivity contribution in [1.29, 1.82) is 5.41 Å². The van der Waals surface area contributed by atoms with Gasteiger partial charge in [-0.3, -0.25) is 10.2 Å². The van der Waals surface area contributed by atoms with Gasteiger partial charge in [0.05, 0.1) is 5.57 Å². The highest BCUT2D eigenvalue weighted by molar-refractivity contribution is 8.27. The molecule has 6 nitrogen and oxygen atoms in total. The number of aromatic nitrogens is 1. The van der Waals surface area contributed by atoms with Crippen LogP contribution in [0.1, 0.15) is 39.2 Å². The number of benzene rings is 2. The van der Waals surface area contributed by atoms with Crippen LogP contribution < -0.4 is 0 Å². The van der Waals surface area contributed by atoms with Crippen LogP contribution in [0.2, 0.25) is 0 Å². The molecule has 1 N–H and O–H groups in total. The van der Waals surface area contributed by atoms with Gasteiger partial charge < -0.3 is 4.57 Å². The van der Waals surface area contributed by atoms with Crippen LogP contribution in [0.5, 0.6) is 0 Å². The number of amidine groups is 2. The van der Waals surface area contributed by atoms with E-state index in [1.807, 2.05) is 44.2 Å². The number of aryl methyl sites for hydroxylation is 4. The summed E-state index contributed by atoms with van der Waals surface area (Å²) in [5.74, 6) is -0.371. The number of thioether (sulfide) groups is 1. The van der Waals surface area contributed by atoms with E-state index < -0.39 is 5.91 Å². The van der Waals surface area contributed by atoms with E-state index in [0.717, 1.165) is 38.8 Å². The van der Waals surface area contributed by atoms with Gasteiger partial charge in [0.2, 0.25) is 5.17 Å². The molecule has 2 aromatic carbocycles. The van der Waals surface area contributed by atoms with Crippen molar-refractivity contribution in [3.8, 4) is 5.69 Å². The predicted molar refractivity (Wildman–Crippen MR) is 140 cm³/mol. The largest absolute Gasteiger partial charge is 0.318 e. The van der Waals surface area contributed by atoms with Crippen LogP contribution in [0.4, 0.5) is 0 Å². The number of rotatable bonds is 3. The zero-order chi connectivity index (χ0) is 24.1. The second kappa shape index (κ2) is 8.25. The van der Waals surface area contributed by atoms with Crippen molar-refractivity contribution >= 4 is 39.8 Å². The number of carbonyl (C=O) groups is 1. The molecular formula is C27H25N5OS. The van der Waals surface area contributed by atoms with Gasteiger partial charge in [-0.2, -0.15) is 15.1 Å². The van der Waals surface area contributed by atoms with E-state index in [0.29, 0.717) is 5.17 Å². The zero-order valence-electron chi connectivity index (χ0n) is 19.8. The Morgan fingerprint density at radius 3 is 2.50 bits per heavy atom. The molecule has 0 spiro atoms. The van der Waals surface area contributed by atoms with Gasteiger partial charge in [-0.15, -0.1) is 0 Å². The van der Waals surface area contributed by atoms with E-state index >= 15 is 0 Å². The van der Waals surface area contributed by atoms with E-state index in [4.69, 9.17) is 5.41 Å². The average molecular weight is 468 g/mol. The highest BCUT2D eigenvalue weighted by atomic mass is 32.2. The van der Waals surface area contributed by atoms with E-state index in [1.54, 1.807) is 6.08 Å². The van der Waals surface area contributed by atoms with Gasteiger partial charge in [-0.05, 0) is 86.8 Å². The third-order valence-electron chi connectivity index (χ3n) is 6.21. The number of hydrogen-bond acceptors (Lipinski definition) is 4. The number of hydrogen-bond donors (Lipinski definition) is 1. The Morgan fingerprint density at radius 1 is 0.971 bits per heavy atom. The van der Waals surface area contributed by atoms with Crippen molar-refractivity contribution in [2.45, 2.75) is 34.6 Å². The summed E-state index contributed by atoms with van der Waals surface area (Å²) in [7, 11) is 0. The first kappa shape index (κ1) is 22.1. The molecule has 1 amide bonds. The number of hydrazone groups is 1. The SMILES string of the molecule is Cc1ccc(C)c(-n2c(C)cc(C=C3C(=N)N4N=C(c5ccccc5C)SC4=NC3=O)c2C)c1. The summed E-state index contributed by atoms with van der Waals surface area (Å²) in [6.07, 6.45) is 1.76. The molecule has 0 saturated heterocycles. The molecule has 1 aromatic heterocycles. The van der Waals surface area contributed by atoms with Gasteiger partial charge in [-0.1, -0.05) is 36.4 Å². The summed E-state index contributed by atoms with van der Waals surface area (Å²) >= 11 is 1.32. The van der Waals surface area contributed by atoms with Crippen molar-refractivity contribution in [3.63, 3.8) is 0 Å². The maximum Gasteiger partial charge on any atom is 0.283 e. The third kappa shape index (κ3) is 3.62. The smallest absolute Gasteiger partial charge is 0.283 e. The van der Waals surface area contributed by atoms with Crippen LogP contribution >= 0.6 is 11.8 Å². The average Bonchev–Trinajstić information content (AvgIpc) is 3.33. The number of aliphatic imine (C=N–C) groups is 1. The van der Waals surface area contributed by atoms with Crippen molar-refractivity contribution in [2.24, 2.45) is 10.1 Å². The molecule has 0 fully saturated rings. The minimum Gasteiger partial charge on any atom is -0.318 e. The third-order valence-corrected chi connectivity index (χ3v) is 7.15. The molecule has 3 heterocycles. The molecule has 0 unspecified atom stereocenters. The lowest BCUT2D eigenvalue weighted by atomic mass is 10.1. The molecule has 34 heavy (non-hydrogen) atoms. The second-order valence-electron chi connectivity index (χ2n) is 8.69. The van der Waals surface area contributed by atoms with E-state index in [9.17, 15) is 4.79 Å². The first-order chi connectivity index (χ1) is 16.2. The summed E-state index contributed by atoms with van der Waals surface area (Å²) in [6.45, 7) is 10.3. The Bertz CT molecular complexity index is 1470. The summed E-state index contributed by atoms with van der Waals surface area (Å²) in [4.78, 5) is 17.2. The molecule has 0 bridgehead atoms. The summed E-state index contributed by atoms with van der Waals surface area (Å²) < 4.78 is 2.19. The van der Waals surface area contributed by atoms with E-state index in [-0.39, 0.29) is 11.4 Å². The maximum absolute atomic E-state index is 12.9. The lowest BCUT2D eigenvalue weighted by molar-refractivity contribution is -0.114. The van der Waals surface area contributed by atoms with E-state index in [2.05, 4.69) is 53.6 Å². The number of carbonyl (C=O) groups excluding carboxylic acids is 1. The van der Waals surface area contributed by atoms with Crippen molar-refractivity contribution in [2.75, 3.05) is 0 Å². The molecule has 5 rings (SSSR count). The van der Waals surface area contributed by atoms with Gasteiger partial charge in [0, 0.05) is 22.6 Å². The van der Waals surface area contributed by atoms with Gasteiger partial charge in [0.1, 0.15) is 5.04 Å². The Hall–Kier alpha value is -3.71. The first-order valence-corrected chi connectivity index (χ1v) is 11.9. The molecular weight excluding hydrogens is 442 g/mol. The Morgan fingerprint density at radius 2 is 1.74 bits per heavy atom. The standard InChI is InChI=1S/C27H25N5OS/c1-15-10-11-17(3)23(12-15)31-18(4)13-20(19(31)5)14-22-24(28)32-27(29-25(22)33)34-26(30-32)21-9-7-6-8-16(21)2/h6-14,28H,1-5H3. The lowest BCUT2D eigenvalue weighted by Gasteiger charge is -2.20. The number of nitrogens with zero attached hydrogens (tertiary/aromatic N) is 4. The van der Waals surface area contributed by atoms with Crippen molar-refractivity contribution in [3.05, 3.63) is 93.3 Å². The normalized spacial score (nSPS) is 16.7. The summed E-state index contributed by atoms with van der Waals surface area (Å²) in [5, 5.41) is 16.0. The zero-order valence-corrected chi connectivity index (χ0v) is 20.6. The van der Waals surface area contributed by atoms with Crippen LogP contribution in [-0.4, -0.2) is 31.5 Å². The van der Waals surface area contributed by atoms with Gasteiger partial charge >= 0.3 is 0 Å². The topological polar surface area (TPSA) is 73.8 Å². The molecule has 0 aliphatic carbocycles. The Labute approximate surface area is 203 Å². The van der Waals surface area contributed by atoms with E-state index in [1.165, 1.54) is 27.9 Å². The molecule has 0 radical (unpaired) electrons.